The number of aryl methyl sites for hydroxylation is 2. The van der Waals surface area contributed by atoms with E-state index in [1.54, 1.807) is 69.7 Å². The Labute approximate surface area is 639 Å². The Morgan fingerprint density at radius 1 is 0.725 bits per heavy atom. The molecular formula is C78H82Cl2N9O18P2. The molecule has 9 aromatic rings. The van der Waals surface area contributed by atoms with Crippen LogP contribution < -0.4 is 47.5 Å². The van der Waals surface area contributed by atoms with Crippen LogP contribution in [0.25, 0.3) is 0 Å². The number of carbonyl (C=O) groups excluding carboxylic acids is 1. The lowest BCUT2D eigenvalue weighted by atomic mass is 9.79. The van der Waals surface area contributed by atoms with Gasteiger partial charge in [0.25, 0.3) is 25.6 Å². The average molecular weight is 1570 g/mol. The summed E-state index contributed by atoms with van der Waals surface area (Å²) in [5, 5.41) is 12.5. The van der Waals surface area contributed by atoms with Crippen LogP contribution in [0.3, 0.4) is 0 Å². The summed E-state index contributed by atoms with van der Waals surface area (Å²) in [5.41, 5.74) is -1.10. The summed E-state index contributed by atoms with van der Waals surface area (Å²) in [6, 6.07) is 47.4. The summed E-state index contributed by atoms with van der Waals surface area (Å²) in [5.74, 6) is -0.312. The minimum absolute atomic E-state index is 0.000164. The van der Waals surface area contributed by atoms with Crippen molar-refractivity contribution in [2.24, 2.45) is 0 Å². The Bertz CT molecular complexity index is 5070. The molecule has 3 aliphatic rings. The fourth-order valence-corrected chi connectivity index (χ4v) is 17.4. The van der Waals surface area contributed by atoms with E-state index in [1.807, 2.05) is 111 Å². The van der Waals surface area contributed by atoms with Crippen molar-refractivity contribution in [3.8, 4) is 23.3 Å². The molecule has 0 saturated carbocycles. The number of rotatable bonds is 30. The first-order chi connectivity index (χ1) is 52.4. The van der Waals surface area contributed by atoms with Gasteiger partial charge in [0.2, 0.25) is 0 Å². The first-order valence-electron chi connectivity index (χ1n) is 35.3. The number of aromatic amines is 2. The lowest BCUT2D eigenvalue weighted by molar-refractivity contribution is -0.0803. The molecule has 12 rings (SSSR count). The highest BCUT2D eigenvalue weighted by Gasteiger charge is 2.51. The summed E-state index contributed by atoms with van der Waals surface area (Å²) in [7, 11) is -4.07. The fourth-order valence-electron chi connectivity index (χ4n) is 13.8. The van der Waals surface area contributed by atoms with Crippen LogP contribution in [-0.4, -0.2) is 110 Å². The van der Waals surface area contributed by atoms with E-state index in [0.717, 1.165) is 5.56 Å². The molecule has 1 amide bonds. The van der Waals surface area contributed by atoms with Crippen molar-refractivity contribution in [1.82, 2.24) is 33.3 Å². The van der Waals surface area contributed by atoms with Gasteiger partial charge in [-0.1, -0.05) is 108 Å². The molecule has 31 heteroatoms. The predicted octanol–water partition coefficient (Wildman–Crippen LogP) is 13.2. The van der Waals surface area contributed by atoms with Crippen LogP contribution in [0.4, 0.5) is 5.82 Å². The molecule has 0 aliphatic carbocycles. The minimum atomic E-state index is -5.22. The third kappa shape index (κ3) is 17.7. The maximum absolute atomic E-state index is 16.6. The molecule has 6 aromatic carbocycles. The van der Waals surface area contributed by atoms with Gasteiger partial charge < -0.3 is 47.3 Å². The van der Waals surface area contributed by atoms with E-state index in [-0.39, 0.29) is 83.7 Å². The van der Waals surface area contributed by atoms with Crippen LogP contribution in [0.5, 0.6) is 17.2 Å². The molecule has 3 saturated heterocycles. The van der Waals surface area contributed by atoms with E-state index < -0.39 is 118 Å². The second-order valence-corrected chi connectivity index (χ2v) is 30.6. The summed E-state index contributed by atoms with van der Waals surface area (Å²) in [6.07, 6.45) is -5.79. The number of nitrogens with one attached hydrogen (secondary N) is 3. The Kier molecular flexibility index (Phi) is 25.3. The van der Waals surface area contributed by atoms with Crippen LogP contribution in [0.2, 0.25) is 10.0 Å². The maximum atomic E-state index is 16.6. The summed E-state index contributed by atoms with van der Waals surface area (Å²) < 4.78 is 95.4. The molecule has 11 atom stereocenters. The number of anilines is 1. The first-order valence-corrected chi connectivity index (χ1v) is 38.6. The number of amides is 1. The number of para-hydroxylation sites is 1. The standard InChI is InChI=1S/C78H82Cl2N9O18P2/c1-46(2)89(47(3)4)108(100-38-18-36-81)105-62-40-68(87-42-48(5)72(90)84-76(87)94)103-65(62)45-101-109(96,106-61-24-17-16-23-60(61)80)107-63-41-69(88-43-49(6)73(91)85-77(88)95)104-71(63)70-50(7)59(79)34-33-57(70)58-39-67(86-37-35-66(83-75(86)93)82-74(92)51-19-12-10-13-20-51)102-64(58)44-99-78(52-21-14-11-15-22-52,53-25-29-55(97-8)30-26-53)54-27-31-56(98-9)32-28-54/h10-17,19-33,35,37,42-43,46-47,58,62-65,67-69,71H,18,38-41,44-45H2,1-9H3,(H,84,90,94)(H,85,91,95)(H,82,83,92,93)/t58-,62-,63-,64-,65+,67+,68+,69+,71-,108?,109?/m0/s1. The molecule has 27 nitrogen and oxygen atoms in total. The lowest BCUT2D eigenvalue weighted by Crippen LogP contribution is -2.37. The number of H-pyrrole nitrogens is 2. The summed E-state index contributed by atoms with van der Waals surface area (Å²) >= 11 is 14.1. The van der Waals surface area contributed by atoms with E-state index in [0.29, 0.717) is 44.9 Å². The molecule has 3 aliphatic heterocycles. The van der Waals surface area contributed by atoms with E-state index in [9.17, 15) is 34.0 Å². The number of phosphoric acid groups is 1. The number of hydrogen-bond donors (Lipinski definition) is 3. The minimum Gasteiger partial charge on any atom is -0.497 e. The Morgan fingerprint density at radius 3 is 1.87 bits per heavy atom. The molecule has 3 N–H and O–H groups in total. The normalized spacial score (nSPS) is 20.8. The number of hydrogen-bond acceptors (Lipinski definition) is 21. The SMILES string of the molecule is COc1ccc(C(OC[C@@H]2O[C@@H](n3ccc(NC(=O)c4ccccc4)nc3=O)C[C@H]2c2c[c]c(Cl)c(C)c2[C@H]2O[C@@H](n3cc(C)c(=O)[nH]c3=O)C[C@@H]2OP(=O)(OC[C@H]2O[C@@H](n3cc(C)c(=O)[nH]c3=O)C[C@@H]2OP(OCCC#N)N(C(C)C)C(C)C)Oc2ccccc2Cl)(c2ccccc2)c2ccc(OC)cc2)cc1. The average Bonchev–Trinajstić information content (AvgIpc) is 1.74. The monoisotopic (exact) mass is 1560 g/mol. The number of benzene rings is 6. The van der Waals surface area contributed by atoms with Crippen molar-refractivity contribution < 1.29 is 60.4 Å². The van der Waals surface area contributed by atoms with E-state index in [2.05, 4.69) is 32.4 Å². The second kappa shape index (κ2) is 34.8. The highest BCUT2D eigenvalue weighted by atomic mass is 35.5. The number of nitriles is 1. The van der Waals surface area contributed by atoms with Gasteiger partial charge in [0, 0.05) is 78.6 Å². The number of nitrogens with zero attached hydrogens (tertiary/aromatic N) is 6. The first kappa shape index (κ1) is 79.4. The van der Waals surface area contributed by atoms with Gasteiger partial charge in [-0.15, -0.1) is 0 Å². The van der Waals surface area contributed by atoms with Crippen LogP contribution in [-0.2, 0) is 47.2 Å². The second-order valence-electron chi connectivity index (χ2n) is 26.9. The zero-order valence-corrected chi connectivity index (χ0v) is 64.4. The van der Waals surface area contributed by atoms with Crippen LogP contribution in [0.15, 0.2) is 188 Å². The van der Waals surface area contributed by atoms with Crippen LogP contribution in [0.1, 0.15) is 139 Å². The Morgan fingerprint density at radius 2 is 1.28 bits per heavy atom. The maximum Gasteiger partial charge on any atom is 0.530 e. The zero-order chi connectivity index (χ0) is 77.4. The third-order valence-corrected chi connectivity index (χ3v) is 23.4. The number of methoxy groups -OCH3 is 2. The Balaban J connectivity index is 0.981. The third-order valence-electron chi connectivity index (χ3n) is 19.1. The number of aromatic nitrogens is 6. The van der Waals surface area contributed by atoms with Gasteiger partial charge >= 0.3 is 24.9 Å². The molecule has 0 bridgehead atoms. The van der Waals surface area contributed by atoms with Crippen LogP contribution >= 0.6 is 39.6 Å². The smallest absolute Gasteiger partial charge is 0.497 e. The van der Waals surface area contributed by atoms with Crippen molar-refractivity contribution in [2.45, 2.75) is 147 Å². The van der Waals surface area contributed by atoms with E-state index >= 15 is 4.57 Å². The predicted molar refractivity (Wildman–Crippen MR) is 406 cm³/mol. The van der Waals surface area contributed by atoms with E-state index in [1.165, 1.54) is 64.3 Å². The quantitative estimate of drug-likeness (QED) is 0.0214. The summed E-state index contributed by atoms with van der Waals surface area (Å²) in [4.78, 5) is 90.7. The lowest BCUT2D eigenvalue weighted by Gasteiger charge is -2.37. The van der Waals surface area contributed by atoms with Gasteiger partial charge in [-0.3, -0.25) is 47.1 Å². The zero-order valence-electron chi connectivity index (χ0n) is 61.1. The van der Waals surface area contributed by atoms with Crippen molar-refractivity contribution in [3.05, 3.63) is 283 Å². The van der Waals surface area contributed by atoms with Crippen LogP contribution in [0, 0.1) is 38.2 Å². The van der Waals surface area contributed by atoms with Gasteiger partial charge in [0.15, 0.2) is 0 Å². The van der Waals surface area contributed by atoms with Crippen molar-refractivity contribution in [3.63, 3.8) is 0 Å². The molecule has 1 radical (unpaired) electrons. The van der Waals surface area contributed by atoms with Crippen molar-refractivity contribution >= 4 is 51.3 Å². The largest absolute Gasteiger partial charge is 0.530 e. The van der Waals surface area contributed by atoms with Crippen molar-refractivity contribution in [1.29, 1.82) is 5.26 Å². The van der Waals surface area contributed by atoms with Crippen molar-refractivity contribution in [2.75, 3.05) is 39.4 Å². The molecule has 3 aromatic heterocycles. The highest BCUT2D eigenvalue weighted by Crippen LogP contribution is 2.59. The molecule has 109 heavy (non-hydrogen) atoms. The number of ether oxygens (including phenoxy) is 6. The van der Waals surface area contributed by atoms with Gasteiger partial charge in [-0.2, -0.15) is 10.2 Å². The Hall–Kier alpha value is -9.20. The molecule has 6 heterocycles. The highest BCUT2D eigenvalue weighted by molar-refractivity contribution is 7.49. The number of carbonyl (C=O) groups is 1. The molecule has 0 spiro atoms. The van der Waals surface area contributed by atoms with Gasteiger partial charge in [-0.25, -0.2) is 23.6 Å². The molecular weight excluding hydrogens is 1480 g/mol. The van der Waals surface area contributed by atoms with Gasteiger partial charge in [-0.05, 0) is 143 Å². The molecule has 571 valence electrons. The molecule has 3 fully saturated rings. The van der Waals surface area contributed by atoms with Gasteiger partial charge in [0.05, 0.1) is 68.8 Å². The van der Waals surface area contributed by atoms with Gasteiger partial charge in [0.1, 0.15) is 65.7 Å². The number of halogens is 2. The topological polar surface area (TPSA) is 319 Å². The number of phosphoric ester groups is 1. The fraction of sp³-hybridized carbons (Fsp3) is 0.359. The van der Waals surface area contributed by atoms with E-state index in [4.69, 9.17) is 74.2 Å². The summed E-state index contributed by atoms with van der Waals surface area (Å²) in [6.45, 7) is 11.8. The molecule has 2 unspecified atom stereocenters.